The summed E-state index contributed by atoms with van der Waals surface area (Å²) in [5.74, 6) is -0.255. The van der Waals surface area contributed by atoms with E-state index in [0.717, 1.165) is 38.1 Å². The van der Waals surface area contributed by atoms with Crippen molar-refractivity contribution < 1.29 is 18.0 Å². The average Bonchev–Trinajstić information content (AvgIpc) is 2.75. The Morgan fingerprint density at radius 3 is 2.57 bits per heavy atom. The van der Waals surface area contributed by atoms with Crippen LogP contribution in [0.2, 0.25) is 0 Å². The number of benzene rings is 1. The molecule has 23 heavy (non-hydrogen) atoms. The molecule has 0 aromatic heterocycles. The number of amides is 1. The number of hydrogen-bond acceptors (Lipinski definition) is 3. The second kappa shape index (κ2) is 8.10. The maximum absolute atomic E-state index is 12.6. The number of hydrogen-bond donors (Lipinski definition) is 1. The molecule has 1 heterocycles. The van der Waals surface area contributed by atoms with Crippen LogP contribution in [-0.2, 0) is 11.0 Å². The Hall–Kier alpha value is -1.89. The summed E-state index contributed by atoms with van der Waals surface area (Å²) in [6.45, 7) is 2.05. The van der Waals surface area contributed by atoms with E-state index in [2.05, 4.69) is 15.4 Å². The molecule has 7 heteroatoms. The van der Waals surface area contributed by atoms with Crippen molar-refractivity contribution in [1.82, 2.24) is 10.3 Å². The minimum Gasteiger partial charge on any atom is -0.294 e. The molecule has 1 aromatic carbocycles. The van der Waals surface area contributed by atoms with Gasteiger partial charge in [-0.1, -0.05) is 25.0 Å². The summed E-state index contributed by atoms with van der Waals surface area (Å²) in [5, 5.41) is 3.74. The first-order valence-electron chi connectivity index (χ1n) is 7.67. The highest BCUT2D eigenvalue weighted by atomic mass is 19.4. The van der Waals surface area contributed by atoms with E-state index in [1.165, 1.54) is 31.2 Å². The van der Waals surface area contributed by atoms with Crippen LogP contribution in [0.25, 0.3) is 0 Å². The van der Waals surface area contributed by atoms with Crippen LogP contribution in [0.5, 0.6) is 0 Å². The Morgan fingerprint density at radius 2 is 1.91 bits per heavy atom. The van der Waals surface area contributed by atoms with Crippen LogP contribution in [0, 0.1) is 0 Å². The third kappa shape index (κ3) is 6.02. The van der Waals surface area contributed by atoms with Gasteiger partial charge in [0.15, 0.2) is 0 Å². The fourth-order valence-corrected chi connectivity index (χ4v) is 2.51. The van der Waals surface area contributed by atoms with Gasteiger partial charge in [-0.25, -0.2) is 5.43 Å². The normalized spacial score (nSPS) is 17.2. The number of hydrazone groups is 1. The van der Waals surface area contributed by atoms with Gasteiger partial charge in [0.1, 0.15) is 0 Å². The Morgan fingerprint density at radius 1 is 1.22 bits per heavy atom. The summed E-state index contributed by atoms with van der Waals surface area (Å²) in [5.41, 5.74) is 1.91. The standard InChI is InChI=1S/C16H20F3N3O/c17-16(18,19)14-7-5-6-13(10-14)11-20-21-15(23)12-22-8-3-1-2-4-9-22/h5-7,10-11H,1-4,8-9,12H2,(H,21,23). The molecule has 0 aliphatic carbocycles. The molecular weight excluding hydrogens is 307 g/mol. The van der Waals surface area contributed by atoms with Crippen molar-refractivity contribution in [2.24, 2.45) is 5.10 Å². The molecule has 0 spiro atoms. The number of halogens is 3. The molecule has 126 valence electrons. The largest absolute Gasteiger partial charge is 0.416 e. The number of carbonyl (C=O) groups is 1. The van der Waals surface area contributed by atoms with Crippen molar-refractivity contribution in [2.45, 2.75) is 31.9 Å². The second-order valence-corrected chi connectivity index (χ2v) is 5.61. The zero-order valence-corrected chi connectivity index (χ0v) is 12.8. The molecule has 1 fully saturated rings. The monoisotopic (exact) mass is 327 g/mol. The lowest BCUT2D eigenvalue weighted by Crippen LogP contribution is -2.35. The maximum atomic E-state index is 12.6. The molecule has 4 nitrogen and oxygen atoms in total. The number of nitrogens with one attached hydrogen (secondary N) is 1. The molecule has 1 aromatic rings. The summed E-state index contributed by atoms with van der Waals surface area (Å²) in [6, 6.07) is 4.79. The van der Waals surface area contributed by atoms with Gasteiger partial charge in [-0.3, -0.25) is 9.69 Å². The summed E-state index contributed by atoms with van der Waals surface area (Å²) in [7, 11) is 0. The molecule has 2 rings (SSSR count). The number of nitrogens with zero attached hydrogens (tertiary/aromatic N) is 2. The van der Waals surface area contributed by atoms with E-state index in [-0.39, 0.29) is 18.0 Å². The molecule has 0 radical (unpaired) electrons. The molecule has 1 aliphatic rings. The molecule has 1 aliphatic heterocycles. The first kappa shape index (κ1) is 17.5. The summed E-state index contributed by atoms with van der Waals surface area (Å²) >= 11 is 0. The Balaban J connectivity index is 1.85. The fraction of sp³-hybridized carbons (Fsp3) is 0.500. The lowest BCUT2D eigenvalue weighted by Gasteiger charge is -2.17. The lowest BCUT2D eigenvalue weighted by molar-refractivity contribution is -0.137. The number of rotatable bonds is 4. The van der Waals surface area contributed by atoms with E-state index < -0.39 is 11.7 Å². The molecule has 0 atom stereocenters. The maximum Gasteiger partial charge on any atom is 0.416 e. The van der Waals surface area contributed by atoms with Crippen molar-refractivity contribution in [3.8, 4) is 0 Å². The van der Waals surface area contributed by atoms with Gasteiger partial charge < -0.3 is 0 Å². The Labute approximate surface area is 133 Å². The first-order valence-corrected chi connectivity index (χ1v) is 7.67. The van der Waals surface area contributed by atoms with E-state index in [4.69, 9.17) is 0 Å². The SMILES string of the molecule is O=C(CN1CCCCCC1)NN=Cc1cccc(C(F)(F)F)c1. The zero-order valence-electron chi connectivity index (χ0n) is 12.8. The third-order valence-electron chi connectivity index (χ3n) is 3.68. The predicted octanol–water partition coefficient (Wildman–Crippen LogP) is 3.03. The van der Waals surface area contributed by atoms with Crippen molar-refractivity contribution in [3.05, 3.63) is 35.4 Å². The molecular formula is C16H20F3N3O. The van der Waals surface area contributed by atoms with Gasteiger partial charge >= 0.3 is 6.18 Å². The quantitative estimate of drug-likeness (QED) is 0.682. The van der Waals surface area contributed by atoms with E-state index >= 15 is 0 Å². The minimum atomic E-state index is -4.39. The average molecular weight is 327 g/mol. The Bertz CT molecular complexity index is 550. The highest BCUT2D eigenvalue weighted by molar-refractivity contribution is 5.83. The van der Waals surface area contributed by atoms with Crippen molar-refractivity contribution in [1.29, 1.82) is 0 Å². The molecule has 0 saturated carbocycles. The molecule has 1 amide bonds. The van der Waals surface area contributed by atoms with Crippen LogP contribution in [-0.4, -0.2) is 36.7 Å². The van der Waals surface area contributed by atoms with Gasteiger partial charge in [0.25, 0.3) is 5.91 Å². The van der Waals surface area contributed by atoms with Gasteiger partial charge in [0.05, 0.1) is 18.3 Å². The fourth-order valence-electron chi connectivity index (χ4n) is 2.51. The molecule has 1 N–H and O–H groups in total. The van der Waals surface area contributed by atoms with Crippen molar-refractivity contribution in [3.63, 3.8) is 0 Å². The minimum absolute atomic E-state index is 0.255. The van der Waals surface area contributed by atoms with Crippen LogP contribution in [0.15, 0.2) is 29.4 Å². The molecule has 0 bridgehead atoms. The van der Waals surface area contributed by atoms with Gasteiger partial charge in [0.2, 0.25) is 0 Å². The van der Waals surface area contributed by atoms with E-state index in [0.29, 0.717) is 0 Å². The lowest BCUT2D eigenvalue weighted by atomic mass is 10.1. The molecule has 1 saturated heterocycles. The van der Waals surface area contributed by atoms with Crippen LogP contribution in [0.3, 0.4) is 0 Å². The van der Waals surface area contributed by atoms with Crippen LogP contribution in [0.4, 0.5) is 13.2 Å². The van der Waals surface area contributed by atoms with E-state index in [1.54, 1.807) is 0 Å². The summed E-state index contributed by atoms with van der Waals surface area (Å²) in [6.07, 6.45) is 1.37. The van der Waals surface area contributed by atoms with E-state index in [9.17, 15) is 18.0 Å². The Kier molecular flexibility index (Phi) is 6.15. The first-order chi connectivity index (χ1) is 10.9. The summed E-state index contributed by atoms with van der Waals surface area (Å²) < 4.78 is 37.8. The second-order valence-electron chi connectivity index (χ2n) is 5.61. The van der Waals surface area contributed by atoms with Gasteiger partial charge in [-0.15, -0.1) is 0 Å². The number of carbonyl (C=O) groups excluding carboxylic acids is 1. The highest BCUT2D eigenvalue weighted by Crippen LogP contribution is 2.29. The van der Waals surface area contributed by atoms with Gasteiger partial charge in [-0.2, -0.15) is 18.3 Å². The number of likely N-dealkylation sites (tertiary alicyclic amines) is 1. The third-order valence-corrected chi connectivity index (χ3v) is 3.68. The molecule has 0 unspecified atom stereocenters. The predicted molar refractivity (Wildman–Crippen MR) is 82.1 cm³/mol. The van der Waals surface area contributed by atoms with Crippen LogP contribution < -0.4 is 5.43 Å². The smallest absolute Gasteiger partial charge is 0.294 e. The summed E-state index contributed by atoms with van der Waals surface area (Å²) in [4.78, 5) is 13.9. The topological polar surface area (TPSA) is 44.7 Å². The van der Waals surface area contributed by atoms with Crippen LogP contribution >= 0.6 is 0 Å². The van der Waals surface area contributed by atoms with Gasteiger partial charge in [0, 0.05) is 0 Å². The highest BCUT2D eigenvalue weighted by Gasteiger charge is 2.30. The number of alkyl halides is 3. The van der Waals surface area contributed by atoms with Crippen molar-refractivity contribution >= 4 is 12.1 Å². The van der Waals surface area contributed by atoms with Crippen molar-refractivity contribution in [2.75, 3.05) is 19.6 Å². The van der Waals surface area contributed by atoms with E-state index in [1.807, 2.05) is 0 Å². The van der Waals surface area contributed by atoms with Crippen LogP contribution in [0.1, 0.15) is 36.8 Å². The zero-order chi connectivity index (χ0) is 16.7. The van der Waals surface area contributed by atoms with Gasteiger partial charge in [-0.05, 0) is 43.6 Å².